The third-order valence-corrected chi connectivity index (χ3v) is 1.33. The van der Waals surface area contributed by atoms with Crippen LogP contribution < -0.4 is 0 Å². The van der Waals surface area contributed by atoms with E-state index in [4.69, 9.17) is 10.2 Å². The second-order valence-corrected chi connectivity index (χ2v) is 2.24. The minimum Gasteiger partial charge on any atom is -0.393 e. The van der Waals surface area contributed by atoms with E-state index in [1.807, 2.05) is 0 Å². The largest absolute Gasteiger partial charge is 0.393 e. The molecular formula is C6H8O3. The molecule has 0 radical (unpaired) electrons. The summed E-state index contributed by atoms with van der Waals surface area (Å²) in [6.07, 6.45) is 2.63. The highest BCUT2D eigenvalue weighted by Gasteiger charge is 2.29. The Morgan fingerprint density at radius 3 is 2.67 bits per heavy atom. The summed E-state index contributed by atoms with van der Waals surface area (Å²) in [6, 6.07) is 0. The average Bonchev–Trinajstić information content (AvgIpc) is 2.13. The zero-order chi connectivity index (χ0) is 6.91. The molecular weight excluding hydrogens is 120 g/mol. The second-order valence-electron chi connectivity index (χ2n) is 2.24. The van der Waals surface area contributed by atoms with Gasteiger partial charge in [0.2, 0.25) is 0 Å². The summed E-state index contributed by atoms with van der Waals surface area (Å²) >= 11 is 0. The van der Waals surface area contributed by atoms with Crippen molar-refractivity contribution >= 4 is 5.78 Å². The lowest BCUT2D eigenvalue weighted by atomic mass is 10.1. The van der Waals surface area contributed by atoms with Gasteiger partial charge in [-0.3, -0.25) is 4.79 Å². The van der Waals surface area contributed by atoms with Crippen molar-refractivity contribution in [2.24, 2.45) is 0 Å². The normalized spacial score (nSPS) is 33.8. The van der Waals surface area contributed by atoms with Gasteiger partial charge in [-0.1, -0.05) is 0 Å². The molecule has 1 unspecified atom stereocenters. The van der Waals surface area contributed by atoms with Crippen LogP contribution in [0, 0.1) is 0 Å². The van der Waals surface area contributed by atoms with Crippen LogP contribution in [0.1, 0.15) is 6.42 Å². The molecule has 0 amide bonds. The fraction of sp³-hybridized carbons (Fsp3) is 0.500. The molecule has 50 valence electrons. The number of aliphatic hydroxyl groups is 2. The standard InChI is InChI=1S/C6H8O3/c7-4-6(9)2-1-5(8)3-6/h1-2,7,9H,3-4H2. The van der Waals surface area contributed by atoms with Crippen LogP contribution in [-0.2, 0) is 4.79 Å². The summed E-state index contributed by atoms with van der Waals surface area (Å²) in [6.45, 7) is -0.380. The van der Waals surface area contributed by atoms with Gasteiger partial charge in [0.05, 0.1) is 6.61 Å². The smallest absolute Gasteiger partial charge is 0.158 e. The van der Waals surface area contributed by atoms with Crippen LogP contribution in [0.5, 0.6) is 0 Å². The van der Waals surface area contributed by atoms with Crippen molar-refractivity contribution < 1.29 is 15.0 Å². The topological polar surface area (TPSA) is 57.5 Å². The Bertz CT molecular complexity index is 162. The molecule has 1 aliphatic carbocycles. The van der Waals surface area contributed by atoms with Crippen molar-refractivity contribution in [1.29, 1.82) is 0 Å². The number of ketones is 1. The van der Waals surface area contributed by atoms with Gasteiger partial charge in [-0.2, -0.15) is 0 Å². The summed E-state index contributed by atoms with van der Waals surface area (Å²) in [4.78, 5) is 10.5. The van der Waals surface area contributed by atoms with E-state index >= 15 is 0 Å². The van der Waals surface area contributed by atoms with Crippen molar-refractivity contribution in [2.45, 2.75) is 12.0 Å². The third kappa shape index (κ3) is 1.17. The van der Waals surface area contributed by atoms with E-state index in [1.54, 1.807) is 0 Å². The van der Waals surface area contributed by atoms with E-state index in [2.05, 4.69) is 0 Å². The lowest BCUT2D eigenvalue weighted by molar-refractivity contribution is -0.117. The lowest BCUT2D eigenvalue weighted by Gasteiger charge is -2.14. The van der Waals surface area contributed by atoms with Crippen LogP contribution in [0.15, 0.2) is 12.2 Å². The Hall–Kier alpha value is -0.670. The molecule has 0 fully saturated rings. The van der Waals surface area contributed by atoms with Gasteiger partial charge >= 0.3 is 0 Å². The fourth-order valence-corrected chi connectivity index (χ4v) is 0.776. The molecule has 0 saturated carbocycles. The lowest BCUT2D eigenvalue weighted by Crippen LogP contribution is -2.28. The van der Waals surface area contributed by atoms with E-state index in [9.17, 15) is 4.79 Å². The summed E-state index contributed by atoms with van der Waals surface area (Å²) < 4.78 is 0. The zero-order valence-electron chi connectivity index (χ0n) is 4.87. The number of allylic oxidation sites excluding steroid dienone is 1. The summed E-state index contributed by atoms with van der Waals surface area (Å²) in [5.74, 6) is -0.133. The van der Waals surface area contributed by atoms with Gasteiger partial charge in [-0.15, -0.1) is 0 Å². The minimum atomic E-state index is -1.27. The van der Waals surface area contributed by atoms with Gasteiger partial charge in [0.15, 0.2) is 5.78 Å². The maximum absolute atomic E-state index is 10.5. The van der Waals surface area contributed by atoms with Crippen LogP contribution >= 0.6 is 0 Å². The third-order valence-electron chi connectivity index (χ3n) is 1.33. The van der Waals surface area contributed by atoms with Gasteiger partial charge in [0.25, 0.3) is 0 Å². The van der Waals surface area contributed by atoms with Crippen LogP contribution in [0.3, 0.4) is 0 Å². The first-order valence-electron chi connectivity index (χ1n) is 2.72. The summed E-state index contributed by atoms with van der Waals surface area (Å²) in [5.41, 5.74) is -1.27. The Labute approximate surface area is 52.6 Å². The maximum Gasteiger partial charge on any atom is 0.158 e. The molecule has 0 saturated heterocycles. The molecule has 0 bridgehead atoms. The Kier molecular flexibility index (Phi) is 1.38. The number of carbonyl (C=O) groups is 1. The Balaban J connectivity index is 2.68. The van der Waals surface area contributed by atoms with E-state index in [0.717, 1.165) is 0 Å². The summed E-state index contributed by atoms with van der Waals surface area (Å²) in [5, 5.41) is 17.6. The number of hydrogen-bond donors (Lipinski definition) is 2. The molecule has 1 aliphatic rings. The fourth-order valence-electron chi connectivity index (χ4n) is 0.776. The quantitative estimate of drug-likeness (QED) is 0.488. The average molecular weight is 128 g/mol. The molecule has 3 heteroatoms. The van der Waals surface area contributed by atoms with E-state index in [0.29, 0.717) is 0 Å². The molecule has 1 rings (SSSR count). The molecule has 2 N–H and O–H groups in total. The highest BCUT2D eigenvalue weighted by molar-refractivity contribution is 5.93. The van der Waals surface area contributed by atoms with Crippen molar-refractivity contribution in [2.75, 3.05) is 6.61 Å². The molecule has 0 aliphatic heterocycles. The zero-order valence-corrected chi connectivity index (χ0v) is 4.87. The second kappa shape index (κ2) is 1.93. The number of carbonyl (C=O) groups excluding carboxylic acids is 1. The number of hydrogen-bond acceptors (Lipinski definition) is 3. The molecule has 0 spiro atoms. The van der Waals surface area contributed by atoms with E-state index in [-0.39, 0.29) is 18.8 Å². The van der Waals surface area contributed by atoms with Crippen molar-refractivity contribution in [3.8, 4) is 0 Å². The van der Waals surface area contributed by atoms with Crippen LogP contribution in [0.2, 0.25) is 0 Å². The van der Waals surface area contributed by atoms with Gasteiger partial charge in [0, 0.05) is 6.42 Å². The van der Waals surface area contributed by atoms with Crippen LogP contribution in [-0.4, -0.2) is 28.2 Å². The molecule has 0 aromatic carbocycles. The first-order valence-corrected chi connectivity index (χ1v) is 2.72. The predicted molar refractivity (Wildman–Crippen MR) is 30.8 cm³/mol. The van der Waals surface area contributed by atoms with Crippen LogP contribution in [0.4, 0.5) is 0 Å². The van der Waals surface area contributed by atoms with Gasteiger partial charge in [-0.05, 0) is 12.2 Å². The van der Waals surface area contributed by atoms with Crippen LogP contribution in [0.25, 0.3) is 0 Å². The van der Waals surface area contributed by atoms with E-state index < -0.39 is 5.60 Å². The SMILES string of the molecule is O=C1C=CC(O)(CO)C1. The van der Waals surface area contributed by atoms with Crippen molar-refractivity contribution in [3.63, 3.8) is 0 Å². The molecule has 1 atom stereocenters. The number of rotatable bonds is 1. The van der Waals surface area contributed by atoms with Crippen molar-refractivity contribution in [1.82, 2.24) is 0 Å². The molecule has 0 aromatic rings. The van der Waals surface area contributed by atoms with Gasteiger partial charge in [-0.25, -0.2) is 0 Å². The Morgan fingerprint density at radius 2 is 2.44 bits per heavy atom. The highest BCUT2D eigenvalue weighted by Crippen LogP contribution is 2.18. The highest BCUT2D eigenvalue weighted by atomic mass is 16.3. The molecule has 9 heavy (non-hydrogen) atoms. The van der Waals surface area contributed by atoms with Crippen molar-refractivity contribution in [3.05, 3.63) is 12.2 Å². The molecule has 0 heterocycles. The van der Waals surface area contributed by atoms with Gasteiger partial charge in [0.1, 0.15) is 5.60 Å². The monoisotopic (exact) mass is 128 g/mol. The maximum atomic E-state index is 10.5. The first-order chi connectivity index (χ1) is 4.16. The minimum absolute atomic E-state index is 0.0174. The Morgan fingerprint density at radius 1 is 1.78 bits per heavy atom. The summed E-state index contributed by atoms with van der Waals surface area (Å²) in [7, 11) is 0. The molecule has 3 nitrogen and oxygen atoms in total. The van der Waals surface area contributed by atoms with E-state index in [1.165, 1.54) is 12.2 Å². The number of aliphatic hydroxyl groups excluding tert-OH is 1. The first kappa shape index (κ1) is 6.45. The van der Waals surface area contributed by atoms with Gasteiger partial charge < -0.3 is 10.2 Å². The predicted octanol–water partition coefficient (Wildman–Crippen LogP) is -0.761. The molecule has 0 aromatic heterocycles.